The number of hydrogen-bond donors (Lipinski definition) is 2. The minimum absolute atomic E-state index is 0.00856. The monoisotopic (exact) mass is 390 g/mol. The number of sulfonamides is 1. The summed E-state index contributed by atoms with van der Waals surface area (Å²) in [7, 11) is 2.93. The molecule has 2 aromatic carbocycles. The number of carbonyl (C=O) groups is 2. The molecule has 0 unspecified atom stereocenters. The average molecular weight is 390 g/mol. The molecule has 9 heteroatoms. The molecule has 0 aliphatic heterocycles. The zero-order chi connectivity index (χ0) is 20.2. The Morgan fingerprint density at radius 3 is 1.89 bits per heavy atom. The standard InChI is InChI=1S/C18H22N4O4S/c1-21(2)15-10-8-13(9-11-15)17(23)19-20-18(24)14-6-5-7-16(12-14)27(25,26)22(3)4/h5-12H,1-4H3,(H,19,23)(H,20,24). The third-order valence-corrected chi connectivity index (χ3v) is 5.62. The van der Waals surface area contributed by atoms with Gasteiger partial charge in [-0.3, -0.25) is 20.4 Å². The molecule has 0 fully saturated rings. The van der Waals surface area contributed by atoms with Crippen molar-refractivity contribution in [1.82, 2.24) is 15.2 Å². The molecule has 0 aliphatic rings. The Morgan fingerprint density at radius 2 is 1.37 bits per heavy atom. The summed E-state index contributed by atoms with van der Waals surface area (Å²) < 4.78 is 25.4. The van der Waals surface area contributed by atoms with Crippen LogP contribution in [0, 0.1) is 0 Å². The average Bonchev–Trinajstić information content (AvgIpc) is 2.65. The van der Waals surface area contributed by atoms with Crippen LogP contribution in [0.25, 0.3) is 0 Å². The SMILES string of the molecule is CN(C)c1ccc(C(=O)NNC(=O)c2cccc(S(=O)(=O)N(C)C)c2)cc1. The van der Waals surface area contributed by atoms with Crippen molar-refractivity contribution in [2.24, 2.45) is 0 Å². The molecule has 0 saturated carbocycles. The Morgan fingerprint density at radius 1 is 0.815 bits per heavy atom. The Kier molecular flexibility index (Phi) is 6.19. The van der Waals surface area contributed by atoms with Crippen LogP contribution in [0.2, 0.25) is 0 Å². The third-order valence-electron chi connectivity index (χ3n) is 3.81. The predicted octanol–water partition coefficient (Wildman–Crippen LogP) is 1.08. The number of rotatable bonds is 5. The molecule has 0 spiro atoms. The first-order chi connectivity index (χ1) is 12.6. The smallest absolute Gasteiger partial charge is 0.269 e. The second-order valence-corrected chi connectivity index (χ2v) is 8.32. The Hall–Kier alpha value is -2.91. The van der Waals surface area contributed by atoms with E-state index in [4.69, 9.17) is 0 Å². The summed E-state index contributed by atoms with van der Waals surface area (Å²) in [6.07, 6.45) is 0. The van der Waals surface area contributed by atoms with Crippen LogP contribution < -0.4 is 15.8 Å². The van der Waals surface area contributed by atoms with Gasteiger partial charge in [0.1, 0.15) is 0 Å². The molecule has 0 heterocycles. The van der Waals surface area contributed by atoms with Crippen LogP contribution in [-0.2, 0) is 10.0 Å². The van der Waals surface area contributed by atoms with Crippen molar-refractivity contribution in [3.05, 3.63) is 59.7 Å². The molecule has 27 heavy (non-hydrogen) atoms. The normalized spacial score (nSPS) is 11.1. The predicted molar refractivity (Wildman–Crippen MR) is 103 cm³/mol. The number of hydrogen-bond acceptors (Lipinski definition) is 5. The maximum absolute atomic E-state index is 12.2. The molecule has 2 amide bonds. The number of carbonyl (C=O) groups excluding carboxylic acids is 2. The molecule has 0 radical (unpaired) electrons. The topological polar surface area (TPSA) is 98.8 Å². The number of hydrazine groups is 1. The number of anilines is 1. The van der Waals surface area contributed by atoms with Gasteiger partial charge < -0.3 is 4.90 Å². The van der Waals surface area contributed by atoms with E-state index in [-0.39, 0.29) is 10.5 Å². The highest BCUT2D eigenvalue weighted by atomic mass is 32.2. The zero-order valence-corrected chi connectivity index (χ0v) is 16.4. The Balaban J connectivity index is 2.06. The van der Waals surface area contributed by atoms with Gasteiger partial charge in [0.25, 0.3) is 11.8 Å². The van der Waals surface area contributed by atoms with Crippen molar-refractivity contribution in [1.29, 1.82) is 0 Å². The molecule has 2 aromatic rings. The van der Waals surface area contributed by atoms with Crippen molar-refractivity contribution >= 4 is 27.5 Å². The molecule has 0 atom stereocenters. The fourth-order valence-corrected chi connectivity index (χ4v) is 3.13. The minimum atomic E-state index is -3.66. The molecule has 8 nitrogen and oxygen atoms in total. The second kappa shape index (κ2) is 8.19. The van der Waals surface area contributed by atoms with Crippen LogP contribution in [0.4, 0.5) is 5.69 Å². The third kappa shape index (κ3) is 4.83. The highest BCUT2D eigenvalue weighted by molar-refractivity contribution is 7.89. The van der Waals surface area contributed by atoms with Gasteiger partial charge >= 0.3 is 0 Å². The van der Waals surface area contributed by atoms with Gasteiger partial charge in [0.2, 0.25) is 10.0 Å². The molecule has 0 aliphatic carbocycles. The summed E-state index contributed by atoms with van der Waals surface area (Å²) in [5, 5.41) is 0. The largest absolute Gasteiger partial charge is 0.378 e. The van der Waals surface area contributed by atoms with Gasteiger partial charge in [-0.15, -0.1) is 0 Å². The van der Waals surface area contributed by atoms with E-state index in [2.05, 4.69) is 10.9 Å². The van der Waals surface area contributed by atoms with Crippen LogP contribution in [0.15, 0.2) is 53.4 Å². The van der Waals surface area contributed by atoms with Crippen LogP contribution >= 0.6 is 0 Å². The summed E-state index contributed by atoms with van der Waals surface area (Å²) in [5.41, 5.74) is 6.03. The first kappa shape index (κ1) is 20.4. The van der Waals surface area contributed by atoms with Crippen molar-refractivity contribution < 1.29 is 18.0 Å². The van der Waals surface area contributed by atoms with Gasteiger partial charge in [0.15, 0.2) is 0 Å². The lowest BCUT2D eigenvalue weighted by atomic mass is 10.2. The lowest BCUT2D eigenvalue weighted by molar-refractivity contribution is 0.0846. The van der Waals surface area contributed by atoms with E-state index in [0.29, 0.717) is 5.56 Å². The molecule has 2 N–H and O–H groups in total. The molecular weight excluding hydrogens is 368 g/mol. The van der Waals surface area contributed by atoms with Crippen molar-refractivity contribution in [2.45, 2.75) is 4.90 Å². The van der Waals surface area contributed by atoms with E-state index in [9.17, 15) is 18.0 Å². The van der Waals surface area contributed by atoms with E-state index < -0.39 is 21.8 Å². The summed E-state index contributed by atoms with van der Waals surface area (Å²) in [6.45, 7) is 0. The lowest BCUT2D eigenvalue weighted by Gasteiger charge is -2.13. The van der Waals surface area contributed by atoms with Crippen molar-refractivity contribution in [3.63, 3.8) is 0 Å². The number of nitrogens with one attached hydrogen (secondary N) is 2. The quantitative estimate of drug-likeness (QED) is 0.745. The number of amides is 2. The van der Waals surface area contributed by atoms with Gasteiger partial charge in [-0.1, -0.05) is 6.07 Å². The summed E-state index contributed by atoms with van der Waals surface area (Å²) >= 11 is 0. The first-order valence-corrected chi connectivity index (χ1v) is 9.47. The Labute approximate surface area is 158 Å². The van der Waals surface area contributed by atoms with Gasteiger partial charge in [-0.05, 0) is 42.5 Å². The molecule has 2 rings (SSSR count). The van der Waals surface area contributed by atoms with E-state index in [1.807, 2.05) is 19.0 Å². The zero-order valence-electron chi connectivity index (χ0n) is 15.6. The summed E-state index contributed by atoms with van der Waals surface area (Å²) in [4.78, 5) is 26.3. The van der Waals surface area contributed by atoms with E-state index in [1.54, 1.807) is 24.3 Å². The van der Waals surface area contributed by atoms with Crippen LogP contribution in [-0.4, -0.2) is 52.7 Å². The maximum atomic E-state index is 12.2. The number of benzene rings is 2. The van der Waals surface area contributed by atoms with E-state index in [1.165, 1.54) is 38.4 Å². The fraction of sp³-hybridized carbons (Fsp3) is 0.222. The van der Waals surface area contributed by atoms with Crippen molar-refractivity contribution in [3.8, 4) is 0 Å². The molecular formula is C18H22N4O4S. The molecule has 144 valence electrons. The van der Waals surface area contributed by atoms with Gasteiger partial charge in [-0.2, -0.15) is 0 Å². The highest BCUT2D eigenvalue weighted by Crippen LogP contribution is 2.15. The van der Waals surface area contributed by atoms with Gasteiger partial charge in [0, 0.05) is 45.0 Å². The molecule has 0 aromatic heterocycles. The highest BCUT2D eigenvalue weighted by Gasteiger charge is 2.19. The summed E-state index contributed by atoms with van der Waals surface area (Å²) in [6, 6.07) is 12.4. The second-order valence-electron chi connectivity index (χ2n) is 6.16. The molecule has 0 bridgehead atoms. The first-order valence-electron chi connectivity index (χ1n) is 8.03. The van der Waals surface area contributed by atoms with Gasteiger partial charge in [-0.25, -0.2) is 12.7 Å². The summed E-state index contributed by atoms with van der Waals surface area (Å²) in [5.74, 6) is -1.10. The van der Waals surface area contributed by atoms with Crippen LogP contribution in [0.3, 0.4) is 0 Å². The fourth-order valence-electron chi connectivity index (χ4n) is 2.18. The van der Waals surface area contributed by atoms with Gasteiger partial charge in [0.05, 0.1) is 4.90 Å². The van der Waals surface area contributed by atoms with Crippen LogP contribution in [0.1, 0.15) is 20.7 Å². The van der Waals surface area contributed by atoms with E-state index >= 15 is 0 Å². The minimum Gasteiger partial charge on any atom is -0.378 e. The van der Waals surface area contributed by atoms with Crippen LogP contribution in [0.5, 0.6) is 0 Å². The molecule has 0 saturated heterocycles. The Bertz CT molecular complexity index is 938. The number of nitrogens with zero attached hydrogens (tertiary/aromatic N) is 2. The lowest BCUT2D eigenvalue weighted by Crippen LogP contribution is -2.41. The maximum Gasteiger partial charge on any atom is 0.269 e. The van der Waals surface area contributed by atoms with Crippen molar-refractivity contribution in [2.75, 3.05) is 33.1 Å². The van der Waals surface area contributed by atoms with E-state index in [0.717, 1.165) is 9.99 Å².